The molecule has 1 heterocycles. The van der Waals surface area contributed by atoms with E-state index >= 15 is 0 Å². The van der Waals surface area contributed by atoms with Crippen molar-refractivity contribution in [2.24, 2.45) is 0 Å². The largest absolute Gasteiger partial charge is 0.383 e. The third kappa shape index (κ3) is 3.72. The molecule has 3 nitrogen and oxygen atoms in total. The van der Waals surface area contributed by atoms with Crippen LogP contribution in [0.15, 0.2) is 22.7 Å². The number of halogens is 1. The van der Waals surface area contributed by atoms with Crippen molar-refractivity contribution in [2.45, 2.75) is 19.3 Å². The summed E-state index contributed by atoms with van der Waals surface area (Å²) in [4.78, 5) is 2.51. The topological polar surface area (TPSA) is 39.1 Å². The van der Waals surface area contributed by atoms with Crippen LogP contribution in [0.25, 0.3) is 0 Å². The van der Waals surface area contributed by atoms with Crippen molar-refractivity contribution in [1.29, 1.82) is 5.26 Å². The molecule has 1 aromatic rings. The Morgan fingerprint density at radius 3 is 2.72 bits per heavy atom. The minimum absolute atomic E-state index is 0.684. The number of benzene rings is 1. The summed E-state index contributed by atoms with van der Waals surface area (Å²) in [7, 11) is 0. The Hall–Kier alpha value is -1.05. The van der Waals surface area contributed by atoms with E-state index < -0.39 is 0 Å². The number of anilines is 1. The Kier molecular flexibility index (Phi) is 5.03. The molecule has 0 unspecified atom stereocenters. The summed E-state index contributed by atoms with van der Waals surface area (Å²) in [6.07, 6.45) is 4.05. The molecule has 0 spiro atoms. The lowest BCUT2D eigenvalue weighted by Crippen LogP contribution is -2.33. The first-order chi connectivity index (χ1) is 8.79. The van der Waals surface area contributed by atoms with Crippen molar-refractivity contribution in [1.82, 2.24) is 4.90 Å². The second-order valence-electron chi connectivity index (χ2n) is 4.64. The maximum absolute atomic E-state index is 8.80. The molecule has 1 aliphatic heterocycles. The lowest BCUT2D eigenvalue weighted by molar-refractivity contribution is 0.237. The van der Waals surface area contributed by atoms with Gasteiger partial charge in [0.25, 0.3) is 0 Å². The minimum Gasteiger partial charge on any atom is -0.383 e. The van der Waals surface area contributed by atoms with Crippen molar-refractivity contribution < 1.29 is 0 Å². The quantitative estimate of drug-likeness (QED) is 0.928. The smallest absolute Gasteiger partial charge is 0.0992 e. The van der Waals surface area contributed by atoms with Gasteiger partial charge in [-0.3, -0.25) is 0 Å². The second-order valence-corrected chi connectivity index (χ2v) is 5.49. The highest BCUT2D eigenvalue weighted by Crippen LogP contribution is 2.23. The van der Waals surface area contributed by atoms with Crippen LogP contribution < -0.4 is 5.32 Å². The minimum atomic E-state index is 0.684. The van der Waals surface area contributed by atoms with E-state index in [0.29, 0.717) is 5.56 Å². The molecule has 0 saturated carbocycles. The highest BCUT2D eigenvalue weighted by atomic mass is 79.9. The standard InChI is InChI=1S/C14H18BrN3/c15-13-10-12(11-16)4-5-14(13)17-6-9-18-7-2-1-3-8-18/h4-5,10,17H,1-3,6-9H2. The molecule has 18 heavy (non-hydrogen) atoms. The molecule has 0 aliphatic carbocycles. The molecule has 1 saturated heterocycles. The van der Waals surface area contributed by atoms with Crippen LogP contribution in [0.5, 0.6) is 0 Å². The van der Waals surface area contributed by atoms with Crippen molar-refractivity contribution in [3.63, 3.8) is 0 Å². The van der Waals surface area contributed by atoms with Crippen LogP contribution >= 0.6 is 15.9 Å². The van der Waals surface area contributed by atoms with Gasteiger partial charge in [0, 0.05) is 23.2 Å². The van der Waals surface area contributed by atoms with Crippen LogP contribution in [0.2, 0.25) is 0 Å². The molecule has 0 aromatic heterocycles. The molecule has 96 valence electrons. The maximum Gasteiger partial charge on any atom is 0.0992 e. The molecule has 0 atom stereocenters. The van der Waals surface area contributed by atoms with E-state index in [1.807, 2.05) is 18.2 Å². The van der Waals surface area contributed by atoms with E-state index in [9.17, 15) is 0 Å². The number of piperidine rings is 1. The van der Waals surface area contributed by atoms with E-state index in [4.69, 9.17) is 5.26 Å². The van der Waals surface area contributed by atoms with Gasteiger partial charge in [0.15, 0.2) is 0 Å². The normalized spacial score (nSPS) is 16.2. The number of nitrogens with zero attached hydrogens (tertiary/aromatic N) is 2. The van der Waals surface area contributed by atoms with Crippen LogP contribution in [-0.2, 0) is 0 Å². The molecule has 1 N–H and O–H groups in total. The van der Waals surface area contributed by atoms with Crippen LogP contribution in [0, 0.1) is 11.3 Å². The molecule has 0 bridgehead atoms. The summed E-state index contributed by atoms with van der Waals surface area (Å²) in [6, 6.07) is 7.79. The summed E-state index contributed by atoms with van der Waals surface area (Å²) in [5.74, 6) is 0. The van der Waals surface area contributed by atoms with Gasteiger partial charge in [0.1, 0.15) is 0 Å². The number of hydrogen-bond acceptors (Lipinski definition) is 3. The molecule has 0 radical (unpaired) electrons. The van der Waals surface area contributed by atoms with Gasteiger partial charge >= 0.3 is 0 Å². The molecule has 1 aliphatic rings. The fourth-order valence-electron chi connectivity index (χ4n) is 2.26. The Balaban J connectivity index is 1.81. The Labute approximate surface area is 117 Å². The van der Waals surface area contributed by atoms with Gasteiger partial charge in [0.2, 0.25) is 0 Å². The van der Waals surface area contributed by atoms with Crippen LogP contribution in [0.1, 0.15) is 24.8 Å². The fourth-order valence-corrected chi connectivity index (χ4v) is 2.78. The van der Waals surface area contributed by atoms with E-state index in [1.54, 1.807) is 0 Å². The van der Waals surface area contributed by atoms with Crippen LogP contribution in [-0.4, -0.2) is 31.1 Å². The van der Waals surface area contributed by atoms with Crippen LogP contribution in [0.3, 0.4) is 0 Å². The van der Waals surface area contributed by atoms with E-state index in [1.165, 1.54) is 32.4 Å². The highest BCUT2D eigenvalue weighted by Gasteiger charge is 2.09. The molecule has 1 aromatic carbocycles. The Morgan fingerprint density at radius 2 is 2.06 bits per heavy atom. The monoisotopic (exact) mass is 307 g/mol. The number of nitriles is 1. The predicted molar refractivity (Wildman–Crippen MR) is 77.6 cm³/mol. The van der Waals surface area contributed by atoms with Gasteiger partial charge in [-0.2, -0.15) is 5.26 Å². The van der Waals surface area contributed by atoms with Crippen molar-refractivity contribution in [3.8, 4) is 6.07 Å². The zero-order valence-corrected chi connectivity index (χ0v) is 12.0. The van der Waals surface area contributed by atoms with Gasteiger partial charge < -0.3 is 10.2 Å². The van der Waals surface area contributed by atoms with Gasteiger partial charge in [0.05, 0.1) is 11.6 Å². The molecular formula is C14H18BrN3. The average Bonchev–Trinajstić information content (AvgIpc) is 2.42. The van der Waals surface area contributed by atoms with Gasteiger partial charge in [-0.05, 0) is 60.1 Å². The maximum atomic E-state index is 8.80. The van der Waals surface area contributed by atoms with Crippen molar-refractivity contribution in [3.05, 3.63) is 28.2 Å². The average molecular weight is 308 g/mol. The first-order valence-electron chi connectivity index (χ1n) is 6.45. The van der Waals surface area contributed by atoms with Crippen LogP contribution in [0.4, 0.5) is 5.69 Å². The summed E-state index contributed by atoms with van der Waals surface area (Å²) >= 11 is 3.49. The zero-order chi connectivity index (χ0) is 12.8. The first-order valence-corrected chi connectivity index (χ1v) is 7.25. The second kappa shape index (κ2) is 6.77. The third-order valence-corrected chi connectivity index (χ3v) is 3.95. The molecule has 1 fully saturated rings. The molecular weight excluding hydrogens is 290 g/mol. The van der Waals surface area contributed by atoms with E-state index in [-0.39, 0.29) is 0 Å². The number of likely N-dealkylation sites (tertiary alicyclic amines) is 1. The predicted octanol–water partition coefficient (Wildman–Crippen LogP) is 3.22. The highest BCUT2D eigenvalue weighted by molar-refractivity contribution is 9.10. The summed E-state index contributed by atoms with van der Waals surface area (Å²) in [5.41, 5.74) is 1.74. The Bertz CT molecular complexity index is 433. The van der Waals surface area contributed by atoms with Crippen molar-refractivity contribution >= 4 is 21.6 Å². The van der Waals surface area contributed by atoms with Gasteiger partial charge in [-0.15, -0.1) is 0 Å². The summed E-state index contributed by atoms with van der Waals surface area (Å²) in [6.45, 7) is 4.50. The SMILES string of the molecule is N#Cc1ccc(NCCN2CCCCC2)c(Br)c1. The summed E-state index contributed by atoms with van der Waals surface area (Å²) in [5, 5.41) is 12.2. The Morgan fingerprint density at radius 1 is 1.28 bits per heavy atom. The van der Waals surface area contributed by atoms with Crippen molar-refractivity contribution in [2.75, 3.05) is 31.5 Å². The van der Waals surface area contributed by atoms with Gasteiger partial charge in [-0.1, -0.05) is 6.42 Å². The van der Waals surface area contributed by atoms with E-state index in [2.05, 4.69) is 32.2 Å². The lowest BCUT2D eigenvalue weighted by atomic mass is 10.1. The molecule has 4 heteroatoms. The first kappa shape index (κ1) is 13.4. The summed E-state index contributed by atoms with van der Waals surface area (Å²) < 4.78 is 0.959. The lowest BCUT2D eigenvalue weighted by Gasteiger charge is -2.26. The number of nitrogens with one attached hydrogen (secondary N) is 1. The molecule has 2 rings (SSSR count). The number of hydrogen-bond donors (Lipinski definition) is 1. The molecule has 0 amide bonds. The third-order valence-electron chi connectivity index (χ3n) is 3.29. The van der Waals surface area contributed by atoms with E-state index in [0.717, 1.165) is 23.2 Å². The number of rotatable bonds is 4. The van der Waals surface area contributed by atoms with Gasteiger partial charge in [-0.25, -0.2) is 0 Å². The fraction of sp³-hybridized carbons (Fsp3) is 0.500. The zero-order valence-electron chi connectivity index (χ0n) is 10.5.